The summed E-state index contributed by atoms with van der Waals surface area (Å²) in [5, 5.41) is 8.94. The highest BCUT2D eigenvalue weighted by Gasteiger charge is 2.08. The minimum Gasteiger partial charge on any atom is -0.481 e. The van der Waals surface area contributed by atoms with Gasteiger partial charge in [0.25, 0.3) is 0 Å². The molecule has 0 fully saturated rings. The highest BCUT2D eigenvalue weighted by atomic mass is 16.4. The fourth-order valence-corrected chi connectivity index (χ4v) is 2.19. The molecule has 2 rings (SSSR count). The summed E-state index contributed by atoms with van der Waals surface area (Å²) in [4.78, 5) is 17.0. The smallest absolute Gasteiger partial charge is 0.307 e. The molecule has 1 aromatic carbocycles. The van der Waals surface area contributed by atoms with E-state index in [1.165, 1.54) is 5.56 Å². The van der Waals surface area contributed by atoms with E-state index in [0.717, 1.165) is 24.2 Å². The van der Waals surface area contributed by atoms with Gasteiger partial charge >= 0.3 is 5.97 Å². The molecular formula is C16H18N2O2. The maximum Gasteiger partial charge on any atom is 0.307 e. The molecule has 0 unspecified atom stereocenters. The monoisotopic (exact) mass is 270 g/mol. The number of hydrogen-bond donors (Lipinski definition) is 1. The van der Waals surface area contributed by atoms with Crippen molar-refractivity contribution >= 4 is 5.97 Å². The van der Waals surface area contributed by atoms with E-state index in [0.29, 0.717) is 0 Å². The van der Waals surface area contributed by atoms with Gasteiger partial charge in [0, 0.05) is 25.5 Å². The van der Waals surface area contributed by atoms with Crippen LogP contribution in [0.5, 0.6) is 0 Å². The Bertz CT molecular complexity index is 570. The Morgan fingerprint density at radius 1 is 1.10 bits per heavy atom. The van der Waals surface area contributed by atoms with Crippen LogP contribution in [0.15, 0.2) is 48.8 Å². The van der Waals surface area contributed by atoms with Crippen LogP contribution in [0.4, 0.5) is 0 Å². The Morgan fingerprint density at radius 2 is 1.75 bits per heavy atom. The minimum absolute atomic E-state index is 0.0687. The SMILES string of the molecule is CN(Cc1ccncc1)Cc1ccccc1CC(=O)O. The lowest BCUT2D eigenvalue weighted by Crippen LogP contribution is -2.18. The van der Waals surface area contributed by atoms with E-state index in [9.17, 15) is 4.79 Å². The lowest BCUT2D eigenvalue weighted by atomic mass is 10.0. The molecule has 0 amide bonds. The molecule has 1 N–H and O–H groups in total. The molecule has 104 valence electrons. The summed E-state index contributed by atoms with van der Waals surface area (Å²) in [5.74, 6) is -0.797. The lowest BCUT2D eigenvalue weighted by Gasteiger charge is -2.18. The van der Waals surface area contributed by atoms with Crippen molar-refractivity contribution in [2.75, 3.05) is 7.05 Å². The summed E-state index contributed by atoms with van der Waals surface area (Å²) < 4.78 is 0. The average molecular weight is 270 g/mol. The molecule has 4 nitrogen and oxygen atoms in total. The third-order valence-electron chi connectivity index (χ3n) is 3.10. The van der Waals surface area contributed by atoms with E-state index in [1.54, 1.807) is 12.4 Å². The first-order valence-corrected chi connectivity index (χ1v) is 6.51. The fraction of sp³-hybridized carbons (Fsp3) is 0.250. The van der Waals surface area contributed by atoms with Crippen LogP contribution in [0.25, 0.3) is 0 Å². The number of aliphatic carboxylic acids is 1. The standard InChI is InChI=1S/C16H18N2O2/c1-18(11-13-6-8-17-9-7-13)12-15-5-3-2-4-14(15)10-16(19)20/h2-9H,10-12H2,1H3,(H,19,20). The fourth-order valence-electron chi connectivity index (χ4n) is 2.19. The van der Waals surface area contributed by atoms with Gasteiger partial charge in [0.05, 0.1) is 6.42 Å². The van der Waals surface area contributed by atoms with Crippen molar-refractivity contribution in [3.05, 3.63) is 65.5 Å². The van der Waals surface area contributed by atoms with Crippen LogP contribution in [-0.2, 0) is 24.3 Å². The van der Waals surface area contributed by atoms with Gasteiger partial charge in [-0.2, -0.15) is 0 Å². The molecule has 1 heterocycles. The summed E-state index contributed by atoms with van der Waals surface area (Å²) in [6, 6.07) is 11.7. The van der Waals surface area contributed by atoms with Gasteiger partial charge in [0.15, 0.2) is 0 Å². The molecule has 0 saturated carbocycles. The number of hydrogen-bond acceptors (Lipinski definition) is 3. The number of aromatic nitrogens is 1. The van der Waals surface area contributed by atoms with Gasteiger partial charge in [0.2, 0.25) is 0 Å². The number of carboxylic acid groups (broad SMARTS) is 1. The van der Waals surface area contributed by atoms with Gasteiger partial charge in [-0.1, -0.05) is 24.3 Å². The third-order valence-corrected chi connectivity index (χ3v) is 3.10. The maximum atomic E-state index is 10.9. The first kappa shape index (κ1) is 14.2. The Balaban J connectivity index is 2.04. The van der Waals surface area contributed by atoms with Gasteiger partial charge in [-0.3, -0.25) is 14.7 Å². The average Bonchev–Trinajstić information content (AvgIpc) is 2.41. The predicted octanol–water partition coefficient (Wildman–Crippen LogP) is 2.34. The van der Waals surface area contributed by atoms with Crippen molar-refractivity contribution < 1.29 is 9.90 Å². The van der Waals surface area contributed by atoms with Crippen molar-refractivity contribution in [1.82, 2.24) is 9.88 Å². The molecule has 2 aromatic rings. The first-order chi connectivity index (χ1) is 9.65. The normalized spacial score (nSPS) is 10.7. The van der Waals surface area contributed by atoms with E-state index in [-0.39, 0.29) is 6.42 Å². The van der Waals surface area contributed by atoms with Crippen LogP contribution >= 0.6 is 0 Å². The molecule has 4 heteroatoms. The van der Waals surface area contributed by atoms with E-state index in [1.807, 2.05) is 43.4 Å². The van der Waals surface area contributed by atoms with Crippen molar-refractivity contribution in [3.63, 3.8) is 0 Å². The van der Waals surface area contributed by atoms with Crippen molar-refractivity contribution in [1.29, 1.82) is 0 Å². The van der Waals surface area contributed by atoms with E-state index in [4.69, 9.17) is 5.11 Å². The van der Waals surface area contributed by atoms with E-state index < -0.39 is 5.97 Å². The summed E-state index contributed by atoms with van der Waals surface area (Å²) >= 11 is 0. The van der Waals surface area contributed by atoms with E-state index in [2.05, 4.69) is 9.88 Å². The molecule has 0 radical (unpaired) electrons. The number of nitrogens with zero attached hydrogens (tertiary/aromatic N) is 2. The third kappa shape index (κ3) is 4.17. The van der Waals surface area contributed by atoms with Gasteiger partial charge in [-0.15, -0.1) is 0 Å². The summed E-state index contributed by atoms with van der Waals surface area (Å²) in [5.41, 5.74) is 3.13. The van der Waals surface area contributed by atoms with Crippen LogP contribution in [0.1, 0.15) is 16.7 Å². The first-order valence-electron chi connectivity index (χ1n) is 6.51. The summed E-state index contributed by atoms with van der Waals surface area (Å²) in [6.07, 6.45) is 3.63. The Hall–Kier alpha value is -2.20. The van der Waals surface area contributed by atoms with Gasteiger partial charge in [-0.25, -0.2) is 0 Å². The molecular weight excluding hydrogens is 252 g/mol. The van der Waals surface area contributed by atoms with Crippen molar-refractivity contribution in [2.24, 2.45) is 0 Å². The highest BCUT2D eigenvalue weighted by Crippen LogP contribution is 2.13. The van der Waals surface area contributed by atoms with Crippen molar-refractivity contribution in [2.45, 2.75) is 19.5 Å². The number of carbonyl (C=O) groups is 1. The number of benzene rings is 1. The number of rotatable bonds is 6. The number of carboxylic acids is 1. The molecule has 1 aromatic heterocycles. The molecule has 0 aliphatic carbocycles. The largest absolute Gasteiger partial charge is 0.481 e. The van der Waals surface area contributed by atoms with Crippen LogP contribution in [0.2, 0.25) is 0 Å². The molecule has 0 saturated heterocycles. The summed E-state index contributed by atoms with van der Waals surface area (Å²) in [7, 11) is 2.03. The zero-order valence-corrected chi connectivity index (χ0v) is 11.5. The second-order valence-electron chi connectivity index (χ2n) is 4.87. The number of pyridine rings is 1. The zero-order chi connectivity index (χ0) is 14.4. The second kappa shape index (κ2) is 6.82. The quantitative estimate of drug-likeness (QED) is 0.875. The summed E-state index contributed by atoms with van der Waals surface area (Å²) in [6.45, 7) is 1.54. The Morgan fingerprint density at radius 3 is 2.40 bits per heavy atom. The molecule has 0 aliphatic heterocycles. The lowest BCUT2D eigenvalue weighted by molar-refractivity contribution is -0.136. The molecule has 0 atom stereocenters. The van der Waals surface area contributed by atoms with Crippen LogP contribution < -0.4 is 0 Å². The maximum absolute atomic E-state index is 10.9. The zero-order valence-electron chi connectivity index (χ0n) is 11.5. The van der Waals surface area contributed by atoms with Crippen LogP contribution in [-0.4, -0.2) is 28.0 Å². The van der Waals surface area contributed by atoms with Gasteiger partial charge in [-0.05, 0) is 35.9 Å². The molecule has 0 bridgehead atoms. The van der Waals surface area contributed by atoms with Crippen LogP contribution in [0, 0.1) is 0 Å². The van der Waals surface area contributed by atoms with Crippen molar-refractivity contribution in [3.8, 4) is 0 Å². The molecule has 0 aliphatic rings. The van der Waals surface area contributed by atoms with Crippen LogP contribution in [0.3, 0.4) is 0 Å². The predicted molar refractivity (Wildman–Crippen MR) is 77.2 cm³/mol. The highest BCUT2D eigenvalue weighted by molar-refractivity contribution is 5.70. The van der Waals surface area contributed by atoms with Gasteiger partial charge < -0.3 is 5.11 Å². The Kier molecular flexibility index (Phi) is 4.85. The topological polar surface area (TPSA) is 53.4 Å². The molecule has 20 heavy (non-hydrogen) atoms. The van der Waals surface area contributed by atoms with Gasteiger partial charge in [0.1, 0.15) is 0 Å². The minimum atomic E-state index is -0.797. The van der Waals surface area contributed by atoms with E-state index >= 15 is 0 Å². The second-order valence-corrected chi connectivity index (χ2v) is 4.87. The molecule has 0 spiro atoms. The Labute approximate surface area is 118 Å².